The van der Waals surface area contributed by atoms with Crippen LogP contribution in [0.3, 0.4) is 0 Å². The van der Waals surface area contributed by atoms with Crippen molar-refractivity contribution in [2.24, 2.45) is 58.2 Å². The molecule has 0 aliphatic heterocycles. The molecule has 0 rings (SSSR count). The molecule has 0 saturated carbocycles. The van der Waals surface area contributed by atoms with E-state index in [1.54, 1.807) is 27.7 Å². The van der Waals surface area contributed by atoms with Crippen molar-refractivity contribution in [3.63, 3.8) is 0 Å². The SMILES string of the molecule is [2H]C([2H])(C(N)=O)C(C)C.[2H]C([2H])(C(N)=O)C(C)C.[2H]N([2H])C(=O)C([2H])([2H])C(C)C.[2H]N([2H])C(=O)C([2H])([2H])C(C)C.[2H]N([2H])C(=O)C([2H])([2H])C(C)C. The van der Waals surface area contributed by atoms with Gasteiger partial charge in [-0.3, -0.25) is 24.0 Å². The standard InChI is InChI=1S/5C5H11NO/c5*1-4(2)3-5(6)7/h5*4H,3H2,1-2H3,(H2,6,7)/i5*3D2/hD6. The fourth-order valence-corrected chi connectivity index (χ4v) is 1.31. The highest BCUT2D eigenvalue weighted by atomic mass is 16.2. The van der Waals surface area contributed by atoms with Gasteiger partial charge in [0.05, 0.1) is 0 Å². The maximum atomic E-state index is 10.8. The minimum atomic E-state index is -2.11. The third kappa shape index (κ3) is 89.7. The van der Waals surface area contributed by atoms with E-state index in [2.05, 4.69) is 0 Å². The second-order valence-corrected chi connectivity index (χ2v) is 8.14. The molecular formula is C25H55N5O5. The lowest BCUT2D eigenvalue weighted by Gasteiger charge is -1.95. The van der Waals surface area contributed by atoms with Crippen molar-refractivity contribution in [2.75, 3.05) is 0 Å². The van der Waals surface area contributed by atoms with Gasteiger partial charge in [0.15, 0.2) is 8.47 Å². The quantitative estimate of drug-likeness (QED) is 0.292. The van der Waals surface area contributed by atoms with Crippen molar-refractivity contribution in [1.82, 2.24) is 0 Å². The highest BCUT2D eigenvalue weighted by Crippen LogP contribution is 1.97. The molecular weight excluding hydrogens is 450 g/mol. The Balaban J connectivity index is -0.000000173. The Hall–Kier alpha value is -2.65. The van der Waals surface area contributed by atoms with Gasteiger partial charge in [-0.25, -0.2) is 0 Å². The van der Waals surface area contributed by atoms with Gasteiger partial charge in [-0.05, 0) is 29.6 Å². The van der Waals surface area contributed by atoms with E-state index in [0.29, 0.717) is 0 Å². The van der Waals surface area contributed by atoms with Crippen LogP contribution in [0.4, 0.5) is 0 Å². The lowest BCUT2D eigenvalue weighted by Crippen LogP contribution is -2.12. The van der Waals surface area contributed by atoms with Crippen molar-refractivity contribution >= 4 is 29.5 Å². The van der Waals surface area contributed by atoms with E-state index in [-0.39, 0.29) is 29.0 Å². The zero-order chi connectivity index (χ0) is 43.0. The fraction of sp³-hybridized carbons (Fsp3) is 0.800. The van der Waals surface area contributed by atoms with Crippen LogP contribution >= 0.6 is 0 Å². The number of hydrogen-bond acceptors (Lipinski definition) is 5. The first-order chi connectivity index (χ1) is 22.2. The molecule has 0 heterocycles. The second kappa shape index (κ2) is 27.6. The smallest absolute Gasteiger partial charge is 0.217 e. The van der Waals surface area contributed by atoms with Gasteiger partial charge in [-0.1, -0.05) is 69.2 Å². The summed E-state index contributed by atoms with van der Waals surface area (Å²) in [6.07, 6.45) is -10.0. The van der Waals surface area contributed by atoms with Gasteiger partial charge in [-0.2, -0.15) is 0 Å². The molecule has 0 aromatic carbocycles. The van der Waals surface area contributed by atoms with Crippen molar-refractivity contribution in [3.8, 4) is 0 Å². The van der Waals surface area contributed by atoms with Crippen LogP contribution in [0.25, 0.3) is 0 Å². The van der Waals surface area contributed by atoms with Gasteiger partial charge in [-0.15, -0.1) is 0 Å². The summed E-state index contributed by atoms with van der Waals surface area (Å²) in [6, 6.07) is 0. The fourth-order valence-electron chi connectivity index (χ4n) is 1.31. The van der Waals surface area contributed by atoms with Gasteiger partial charge < -0.3 is 28.6 Å². The first-order valence-corrected chi connectivity index (χ1v) is 10.7. The van der Waals surface area contributed by atoms with Crippen LogP contribution in [0.1, 0.15) is 115 Å². The molecule has 0 aromatic heterocycles. The molecule has 0 spiro atoms. The molecule has 0 bridgehead atoms. The summed E-state index contributed by atoms with van der Waals surface area (Å²) in [7, 11) is 0. The number of nitrogens with two attached hydrogens (primary N) is 5. The lowest BCUT2D eigenvalue weighted by molar-refractivity contribution is -0.119. The monoisotopic (exact) mass is 522 g/mol. The molecule has 0 saturated heterocycles. The van der Waals surface area contributed by atoms with Gasteiger partial charge in [0, 0.05) is 45.6 Å². The van der Waals surface area contributed by atoms with Gasteiger partial charge in [0.25, 0.3) is 0 Å². The molecule has 0 aromatic rings. The molecule has 0 unspecified atom stereocenters. The van der Waals surface area contributed by atoms with Crippen molar-refractivity contribution < 1.29 is 46.2 Å². The molecule has 0 atom stereocenters. The van der Waals surface area contributed by atoms with E-state index in [0.717, 1.165) is 0 Å². The molecule has 0 fully saturated rings. The van der Waals surface area contributed by atoms with E-state index in [1.165, 1.54) is 41.5 Å². The van der Waals surface area contributed by atoms with Crippen LogP contribution in [0.5, 0.6) is 0 Å². The number of primary amides is 5. The Bertz CT molecular complexity index is 988. The predicted octanol–water partition coefficient (Wildman–Crippen LogP) is 2.59. The largest absolute Gasteiger partial charge is 0.370 e. The summed E-state index contributed by atoms with van der Waals surface area (Å²) >= 11 is 0. The third-order valence-electron chi connectivity index (χ3n) is 2.10. The molecule has 210 valence electrons. The lowest BCUT2D eigenvalue weighted by atomic mass is 10.1. The molecule has 0 radical (unpaired) electrons. The number of rotatable bonds is 10. The van der Waals surface area contributed by atoms with E-state index in [4.69, 9.17) is 33.6 Å². The maximum Gasteiger partial charge on any atom is 0.217 e. The average molecular weight is 522 g/mol. The van der Waals surface area contributed by atoms with Crippen molar-refractivity contribution in [1.29, 1.82) is 0 Å². The third-order valence-corrected chi connectivity index (χ3v) is 2.10. The Labute approximate surface area is 236 Å². The Morgan fingerprint density at radius 2 is 0.600 bits per heavy atom. The van der Waals surface area contributed by atoms with Crippen molar-refractivity contribution in [2.45, 2.75) is 101 Å². The molecule has 10 heteroatoms. The number of carbonyl (C=O) groups excluding carboxylic acids is 5. The average Bonchev–Trinajstić information content (AvgIpc) is 2.96. The molecule has 10 N–H and O–H groups in total. The Morgan fingerprint density at radius 1 is 0.457 bits per heavy atom. The van der Waals surface area contributed by atoms with Gasteiger partial charge in [0.1, 0.15) is 0 Å². The van der Waals surface area contributed by atoms with E-state index in [9.17, 15) is 24.0 Å². The first-order valence-electron chi connectivity index (χ1n) is 18.4. The molecule has 35 heavy (non-hydrogen) atoms. The van der Waals surface area contributed by atoms with E-state index in [1.807, 2.05) is 0 Å². The Morgan fingerprint density at radius 3 is 0.629 bits per heavy atom. The molecule has 5 amide bonds. The van der Waals surface area contributed by atoms with Crippen LogP contribution in [0.2, 0.25) is 8.47 Å². The topological polar surface area (TPSA) is 215 Å². The second-order valence-electron chi connectivity index (χ2n) is 8.14. The van der Waals surface area contributed by atoms with Crippen LogP contribution in [-0.4, -0.2) is 29.5 Å². The molecule has 0 aliphatic carbocycles. The highest BCUT2D eigenvalue weighted by Gasteiger charge is 1.98. The van der Waals surface area contributed by atoms with Gasteiger partial charge in [0.2, 0.25) is 29.5 Å². The normalized spacial score (nSPS) is 17.9. The minimum Gasteiger partial charge on any atom is -0.370 e. The Kier molecular flexibility index (Phi) is 13.3. The summed E-state index contributed by atoms with van der Waals surface area (Å²) < 4.78 is 110. The van der Waals surface area contributed by atoms with Crippen LogP contribution < -0.4 is 28.6 Å². The number of carbonyl (C=O) groups is 5. The summed E-state index contributed by atoms with van der Waals surface area (Å²) in [4.78, 5) is 53.0. The highest BCUT2D eigenvalue weighted by molar-refractivity contribution is 5.75. The van der Waals surface area contributed by atoms with E-state index < -0.39 is 79.2 Å². The predicted molar refractivity (Wildman–Crippen MR) is 143 cm³/mol. The van der Waals surface area contributed by atoms with Crippen molar-refractivity contribution in [3.05, 3.63) is 0 Å². The van der Waals surface area contributed by atoms with E-state index >= 15 is 0 Å². The summed E-state index contributed by atoms with van der Waals surface area (Å²) in [5, 5.41) is 0. The first kappa shape index (κ1) is 16.9. The number of amides is 5. The molecule has 10 nitrogen and oxygen atoms in total. The maximum absolute atomic E-state index is 10.8. The molecule has 0 aliphatic rings. The zero-order valence-corrected chi connectivity index (χ0v) is 22.4. The van der Waals surface area contributed by atoms with Crippen LogP contribution in [0.15, 0.2) is 0 Å². The summed E-state index contributed by atoms with van der Waals surface area (Å²) in [5.41, 5.74) is 8.85. The summed E-state index contributed by atoms with van der Waals surface area (Å²) in [6.45, 7) is 15.6. The minimum absolute atomic E-state index is 0.222. The van der Waals surface area contributed by atoms with Crippen LogP contribution in [0, 0.1) is 29.6 Å². The van der Waals surface area contributed by atoms with Gasteiger partial charge >= 0.3 is 0 Å². The van der Waals surface area contributed by atoms with Crippen LogP contribution in [-0.2, 0) is 24.0 Å². The zero-order valence-electron chi connectivity index (χ0n) is 38.4. The number of hydrogen-bond donors (Lipinski definition) is 5. The summed E-state index contributed by atoms with van der Waals surface area (Å²) in [5.74, 6) is -7.44.